The van der Waals surface area contributed by atoms with E-state index in [0.717, 1.165) is 19.3 Å². The number of sulfonamides is 1. The summed E-state index contributed by atoms with van der Waals surface area (Å²) >= 11 is 0. The van der Waals surface area contributed by atoms with E-state index in [0.29, 0.717) is 11.8 Å². The minimum atomic E-state index is -3.89. The normalized spacial score (nSPS) is 26.8. The predicted molar refractivity (Wildman–Crippen MR) is 81.8 cm³/mol. The number of rotatable bonds is 3. The highest BCUT2D eigenvalue weighted by atomic mass is 32.2. The number of nitrogens with two attached hydrogens (primary N) is 1. The van der Waals surface area contributed by atoms with Crippen LogP contribution in [0.3, 0.4) is 0 Å². The van der Waals surface area contributed by atoms with Gasteiger partial charge < -0.3 is 5.73 Å². The van der Waals surface area contributed by atoms with E-state index in [1.807, 2.05) is 0 Å². The van der Waals surface area contributed by atoms with Crippen molar-refractivity contribution in [2.24, 2.45) is 11.8 Å². The van der Waals surface area contributed by atoms with Gasteiger partial charge in [0.1, 0.15) is 10.7 Å². The highest BCUT2D eigenvalue weighted by Crippen LogP contribution is 2.30. The Labute approximate surface area is 126 Å². The fourth-order valence-electron chi connectivity index (χ4n) is 3.29. The molecule has 2 rings (SSSR count). The Morgan fingerprint density at radius 3 is 2.33 bits per heavy atom. The van der Waals surface area contributed by atoms with E-state index >= 15 is 0 Å². The molecule has 1 aromatic carbocycles. The Bertz CT molecular complexity index is 621. The van der Waals surface area contributed by atoms with Crippen molar-refractivity contribution in [3.63, 3.8) is 0 Å². The summed E-state index contributed by atoms with van der Waals surface area (Å²) in [4.78, 5) is -0.356. The molecule has 2 atom stereocenters. The van der Waals surface area contributed by atoms with E-state index in [4.69, 9.17) is 5.73 Å². The second-order valence-corrected chi connectivity index (χ2v) is 8.07. The molecule has 1 saturated carbocycles. The molecule has 0 amide bonds. The minimum Gasteiger partial charge on any atom is -0.399 e. The molecule has 0 heterocycles. The first-order chi connectivity index (χ1) is 9.69. The van der Waals surface area contributed by atoms with Crippen molar-refractivity contribution < 1.29 is 12.8 Å². The number of hydrogen-bond donors (Lipinski definition) is 2. The molecule has 4 nitrogen and oxygen atoms in total. The largest absolute Gasteiger partial charge is 0.399 e. The van der Waals surface area contributed by atoms with Crippen LogP contribution >= 0.6 is 0 Å². The van der Waals surface area contributed by atoms with E-state index < -0.39 is 15.8 Å². The van der Waals surface area contributed by atoms with E-state index in [-0.39, 0.29) is 22.2 Å². The first-order valence-electron chi connectivity index (χ1n) is 7.27. The highest BCUT2D eigenvalue weighted by Gasteiger charge is 2.29. The molecule has 2 unspecified atom stereocenters. The lowest BCUT2D eigenvalue weighted by Crippen LogP contribution is -2.40. The van der Waals surface area contributed by atoms with Gasteiger partial charge in [-0.25, -0.2) is 17.5 Å². The van der Waals surface area contributed by atoms with Crippen LogP contribution in [-0.2, 0) is 10.0 Å². The van der Waals surface area contributed by atoms with E-state index in [1.165, 1.54) is 19.1 Å². The van der Waals surface area contributed by atoms with Crippen LogP contribution in [0.5, 0.6) is 0 Å². The average Bonchev–Trinajstić information content (AvgIpc) is 2.31. The van der Waals surface area contributed by atoms with Crippen LogP contribution in [-0.4, -0.2) is 14.5 Å². The molecule has 1 aromatic rings. The van der Waals surface area contributed by atoms with Gasteiger partial charge in [0, 0.05) is 11.7 Å². The molecule has 21 heavy (non-hydrogen) atoms. The maximum atomic E-state index is 14.1. The van der Waals surface area contributed by atoms with Crippen molar-refractivity contribution in [3.8, 4) is 0 Å². The maximum Gasteiger partial charge on any atom is 0.243 e. The number of hydrogen-bond acceptors (Lipinski definition) is 3. The van der Waals surface area contributed by atoms with Crippen molar-refractivity contribution in [2.75, 3.05) is 5.73 Å². The Morgan fingerprint density at radius 1 is 1.19 bits per heavy atom. The van der Waals surface area contributed by atoms with Gasteiger partial charge in [-0.3, -0.25) is 0 Å². The molecule has 1 aliphatic carbocycles. The monoisotopic (exact) mass is 314 g/mol. The van der Waals surface area contributed by atoms with E-state index in [9.17, 15) is 12.8 Å². The Hall–Kier alpha value is -1.14. The summed E-state index contributed by atoms with van der Waals surface area (Å²) in [5.41, 5.74) is 6.13. The molecule has 0 bridgehead atoms. The summed E-state index contributed by atoms with van der Waals surface area (Å²) < 4.78 is 41.6. The van der Waals surface area contributed by atoms with Crippen LogP contribution in [0.25, 0.3) is 0 Å². The first kappa shape index (κ1) is 16.2. The molecule has 0 radical (unpaired) electrons. The maximum absolute atomic E-state index is 14.1. The smallest absolute Gasteiger partial charge is 0.243 e. The summed E-state index contributed by atoms with van der Waals surface area (Å²) in [5.74, 6) is 0.205. The highest BCUT2D eigenvalue weighted by molar-refractivity contribution is 7.89. The van der Waals surface area contributed by atoms with Crippen LogP contribution in [0.4, 0.5) is 10.1 Å². The zero-order chi connectivity index (χ0) is 15.8. The Balaban J connectivity index is 2.27. The van der Waals surface area contributed by atoms with E-state index in [2.05, 4.69) is 18.6 Å². The number of aryl methyl sites for hydroxylation is 1. The lowest BCUT2D eigenvalue weighted by atomic mass is 9.81. The number of nitrogen functional groups attached to an aromatic ring is 1. The molecule has 3 N–H and O–H groups in total. The summed E-state index contributed by atoms with van der Waals surface area (Å²) in [5, 5.41) is 0. The van der Waals surface area contributed by atoms with Gasteiger partial charge in [0.05, 0.1) is 0 Å². The molecule has 0 saturated heterocycles. The molecule has 1 fully saturated rings. The summed E-state index contributed by atoms with van der Waals surface area (Å²) in [6.45, 7) is 5.74. The van der Waals surface area contributed by atoms with E-state index in [1.54, 1.807) is 0 Å². The van der Waals surface area contributed by atoms with Gasteiger partial charge in [0.15, 0.2) is 0 Å². The van der Waals surface area contributed by atoms with Gasteiger partial charge in [-0.05, 0) is 55.7 Å². The fraction of sp³-hybridized carbons (Fsp3) is 0.600. The van der Waals surface area contributed by atoms with Gasteiger partial charge in [0.2, 0.25) is 10.0 Å². The number of anilines is 1. The SMILES string of the molecule is Cc1cc(N)cc(S(=O)(=O)NC2CC(C)CC(C)C2)c1F. The number of benzene rings is 1. The molecule has 6 heteroatoms. The minimum absolute atomic E-state index is 0.144. The number of halogens is 1. The zero-order valence-electron chi connectivity index (χ0n) is 12.7. The third-order valence-electron chi connectivity index (χ3n) is 4.03. The summed E-state index contributed by atoms with van der Waals surface area (Å²) in [7, 11) is -3.89. The predicted octanol–water partition coefficient (Wildman–Crippen LogP) is 2.82. The Kier molecular flexibility index (Phi) is 4.58. The number of nitrogens with one attached hydrogen (secondary N) is 1. The average molecular weight is 314 g/mol. The quantitative estimate of drug-likeness (QED) is 0.843. The van der Waals surface area contributed by atoms with Gasteiger partial charge in [-0.1, -0.05) is 13.8 Å². The molecule has 0 spiro atoms. The van der Waals surface area contributed by atoms with Gasteiger partial charge in [-0.2, -0.15) is 0 Å². The second kappa shape index (κ2) is 5.93. The fourth-order valence-corrected chi connectivity index (χ4v) is 4.73. The first-order valence-corrected chi connectivity index (χ1v) is 8.75. The second-order valence-electron chi connectivity index (χ2n) is 6.39. The van der Waals surface area contributed by atoms with Crippen LogP contribution in [0, 0.1) is 24.6 Å². The standard InChI is InChI=1S/C15H23FN2O2S/c1-9-4-10(2)6-13(5-9)18-21(19,20)14-8-12(17)7-11(3)15(14)16/h7-10,13,18H,4-6,17H2,1-3H3. The topological polar surface area (TPSA) is 72.2 Å². The van der Waals surface area contributed by atoms with Crippen LogP contribution in [0.15, 0.2) is 17.0 Å². The van der Waals surface area contributed by atoms with Crippen LogP contribution < -0.4 is 10.5 Å². The molecule has 1 aliphatic rings. The van der Waals surface area contributed by atoms with Crippen molar-refractivity contribution in [2.45, 2.75) is 51.0 Å². The summed E-state index contributed by atoms with van der Waals surface area (Å²) in [6.07, 6.45) is 2.67. The van der Waals surface area contributed by atoms with Crippen molar-refractivity contribution in [1.29, 1.82) is 0 Å². The molecular weight excluding hydrogens is 291 g/mol. The van der Waals surface area contributed by atoms with Crippen molar-refractivity contribution in [3.05, 3.63) is 23.5 Å². The molecule has 0 aliphatic heterocycles. The third kappa shape index (κ3) is 3.74. The van der Waals surface area contributed by atoms with Gasteiger partial charge in [-0.15, -0.1) is 0 Å². The third-order valence-corrected chi connectivity index (χ3v) is 5.55. The Morgan fingerprint density at radius 2 is 1.76 bits per heavy atom. The van der Waals surface area contributed by atoms with Crippen molar-refractivity contribution >= 4 is 15.7 Å². The van der Waals surface area contributed by atoms with Crippen LogP contribution in [0.2, 0.25) is 0 Å². The lowest BCUT2D eigenvalue weighted by Gasteiger charge is -2.31. The van der Waals surface area contributed by atoms with Crippen LogP contribution in [0.1, 0.15) is 38.7 Å². The zero-order valence-corrected chi connectivity index (χ0v) is 13.5. The molecule has 0 aromatic heterocycles. The summed E-state index contributed by atoms with van der Waals surface area (Å²) in [6, 6.07) is 2.47. The molecule has 118 valence electrons. The molecular formula is C15H23FN2O2S. The van der Waals surface area contributed by atoms with Gasteiger partial charge >= 0.3 is 0 Å². The lowest BCUT2D eigenvalue weighted by molar-refractivity contribution is 0.257. The van der Waals surface area contributed by atoms with Gasteiger partial charge in [0.25, 0.3) is 0 Å². The van der Waals surface area contributed by atoms with Crippen molar-refractivity contribution in [1.82, 2.24) is 4.72 Å².